The van der Waals surface area contributed by atoms with Crippen molar-refractivity contribution < 1.29 is 4.74 Å². The highest BCUT2D eigenvalue weighted by molar-refractivity contribution is 8.00. The fourth-order valence-corrected chi connectivity index (χ4v) is 5.48. The van der Waals surface area contributed by atoms with Crippen molar-refractivity contribution in [2.45, 2.75) is 57.4 Å². The normalized spacial score (nSPS) is 16.1. The molecule has 0 radical (unpaired) electrons. The third kappa shape index (κ3) is 6.26. The van der Waals surface area contributed by atoms with E-state index in [9.17, 15) is 0 Å². The van der Waals surface area contributed by atoms with Crippen molar-refractivity contribution in [3.8, 4) is 11.1 Å². The largest absolute Gasteiger partial charge is 0.477 e. The zero-order chi connectivity index (χ0) is 26.2. The van der Waals surface area contributed by atoms with E-state index in [0.717, 1.165) is 27.7 Å². The Morgan fingerprint density at radius 3 is 2.36 bits per heavy atom. The molecule has 2 heterocycles. The van der Waals surface area contributed by atoms with Crippen molar-refractivity contribution in [1.29, 1.82) is 0 Å². The van der Waals surface area contributed by atoms with Crippen LogP contribution in [-0.4, -0.2) is 27.7 Å². The summed E-state index contributed by atoms with van der Waals surface area (Å²) in [6.45, 7) is 10.1. The van der Waals surface area contributed by atoms with Gasteiger partial charge >= 0.3 is 0 Å². The molecule has 7 heteroatoms. The van der Waals surface area contributed by atoms with Gasteiger partial charge in [-0.2, -0.15) is 5.10 Å². The first-order chi connectivity index (χ1) is 17.5. The van der Waals surface area contributed by atoms with Crippen molar-refractivity contribution in [1.82, 2.24) is 9.78 Å². The van der Waals surface area contributed by atoms with E-state index < -0.39 is 0 Å². The van der Waals surface area contributed by atoms with Crippen molar-refractivity contribution in [2.24, 2.45) is 12.0 Å². The Bertz CT molecular complexity index is 1320. The molecule has 3 aromatic carbocycles. The molecule has 0 aliphatic carbocycles. The maximum Gasteiger partial charge on any atom is 0.171 e. The summed E-state index contributed by atoms with van der Waals surface area (Å²) in [5, 5.41) is 7.15. The van der Waals surface area contributed by atoms with Crippen LogP contribution in [0.25, 0.3) is 22.0 Å². The molecule has 4 aromatic rings. The first kappa shape index (κ1) is 28.1. The first-order valence-electron chi connectivity index (χ1n) is 12.3. The van der Waals surface area contributed by atoms with Gasteiger partial charge in [-0.25, -0.2) is 4.99 Å². The third-order valence-electron chi connectivity index (χ3n) is 5.64. The van der Waals surface area contributed by atoms with Crippen LogP contribution < -0.4 is 0 Å². The van der Waals surface area contributed by atoms with E-state index >= 15 is 0 Å². The van der Waals surface area contributed by atoms with Gasteiger partial charge in [0, 0.05) is 50.6 Å². The van der Waals surface area contributed by atoms with Gasteiger partial charge < -0.3 is 4.74 Å². The van der Waals surface area contributed by atoms with E-state index in [0.29, 0.717) is 16.5 Å². The van der Waals surface area contributed by atoms with Gasteiger partial charge in [-0.1, -0.05) is 105 Å². The molecule has 0 N–H and O–H groups in total. The number of aromatic nitrogens is 2. The van der Waals surface area contributed by atoms with Gasteiger partial charge in [0.1, 0.15) is 17.0 Å². The molecule has 0 fully saturated rings. The molecule has 0 bridgehead atoms. The second-order valence-corrected chi connectivity index (χ2v) is 9.88. The first-order valence-corrected chi connectivity index (χ1v) is 13.9. The Kier molecular flexibility index (Phi) is 10.3. The average molecular weight is 543 g/mol. The van der Waals surface area contributed by atoms with E-state index in [4.69, 9.17) is 33.0 Å². The summed E-state index contributed by atoms with van der Waals surface area (Å²) in [5.74, 6) is 0. The molecule has 2 atom stereocenters. The molecule has 36 heavy (non-hydrogen) atoms. The summed E-state index contributed by atoms with van der Waals surface area (Å²) >= 11 is 14.3. The van der Waals surface area contributed by atoms with Crippen molar-refractivity contribution in [3.63, 3.8) is 0 Å². The topological polar surface area (TPSA) is 39.4 Å². The summed E-state index contributed by atoms with van der Waals surface area (Å²) in [5.41, 5.74) is 5.17. The van der Waals surface area contributed by atoms with Crippen LogP contribution in [0, 0.1) is 6.92 Å². The van der Waals surface area contributed by atoms with Gasteiger partial charge in [-0.05, 0) is 31.2 Å². The molecule has 0 spiro atoms. The minimum Gasteiger partial charge on any atom is -0.477 e. The quantitative estimate of drug-likeness (QED) is 0.253. The van der Waals surface area contributed by atoms with E-state index in [1.54, 1.807) is 24.2 Å². The third-order valence-corrected chi connectivity index (χ3v) is 7.40. The number of hydrogen-bond acceptors (Lipinski definition) is 4. The van der Waals surface area contributed by atoms with Gasteiger partial charge in [0.25, 0.3) is 0 Å². The lowest BCUT2D eigenvalue weighted by Gasteiger charge is -2.17. The number of rotatable bonds is 5. The zero-order valence-electron chi connectivity index (χ0n) is 21.6. The number of aliphatic imine (C=N–C) groups is 1. The Morgan fingerprint density at radius 2 is 1.67 bits per heavy atom. The summed E-state index contributed by atoms with van der Waals surface area (Å²) in [7, 11) is 1.97. The molecule has 0 saturated carbocycles. The molecule has 1 aliphatic rings. The Labute approximate surface area is 228 Å². The maximum absolute atomic E-state index is 6.50. The smallest absolute Gasteiger partial charge is 0.171 e. The molecular weight excluding hydrogens is 509 g/mol. The molecule has 190 valence electrons. The lowest BCUT2D eigenvalue weighted by atomic mass is 10.0. The van der Waals surface area contributed by atoms with E-state index in [2.05, 4.69) is 42.2 Å². The Balaban J connectivity index is 0.000000861. The molecule has 0 saturated heterocycles. The van der Waals surface area contributed by atoms with Crippen LogP contribution in [0.3, 0.4) is 0 Å². The summed E-state index contributed by atoms with van der Waals surface area (Å²) < 4.78 is 7.83. The fourth-order valence-electron chi connectivity index (χ4n) is 3.97. The minimum atomic E-state index is -0.0670. The molecule has 1 aromatic heterocycles. The molecule has 5 rings (SSSR count). The minimum absolute atomic E-state index is 0.00320. The highest BCUT2D eigenvalue weighted by Gasteiger charge is 2.29. The van der Waals surface area contributed by atoms with Gasteiger partial charge in [-0.15, -0.1) is 0 Å². The van der Waals surface area contributed by atoms with E-state index in [-0.39, 0.29) is 11.5 Å². The Morgan fingerprint density at radius 1 is 0.944 bits per heavy atom. The second-order valence-electron chi connectivity index (χ2n) is 7.85. The van der Waals surface area contributed by atoms with Crippen LogP contribution in [-0.2, 0) is 18.2 Å². The highest BCUT2D eigenvalue weighted by Crippen LogP contribution is 2.37. The second kappa shape index (κ2) is 13.2. The lowest BCUT2D eigenvalue weighted by molar-refractivity contribution is 0.223. The van der Waals surface area contributed by atoms with Crippen LogP contribution in [0.4, 0.5) is 0 Å². The number of thioether (sulfide) groups is 1. The van der Waals surface area contributed by atoms with Gasteiger partial charge in [0.05, 0.1) is 0 Å². The standard InChI is InChI=1S/C25H21Cl2N3OS.2C2H6/c1-15-6-9-17(10-7-15)32-25-23(31-14-28-25)13-22-20-5-3-4-19(24(20)29-30(22)2)18-11-8-16(26)12-21(18)27;2*1-2/h3-12,14,23,25H,13H2,1-2H3;2*1-2H3. The number of hydrogen-bond donors (Lipinski definition) is 0. The molecule has 1 aliphatic heterocycles. The SMILES string of the molecule is CC.CC.Cc1ccc(SC2N=COC2Cc2c3cccc(-c4ccc(Cl)cc4Cl)c3nn2C)cc1. The summed E-state index contributed by atoms with van der Waals surface area (Å²) in [6, 6.07) is 20.2. The van der Waals surface area contributed by atoms with Gasteiger partial charge in [-0.3, -0.25) is 4.68 Å². The lowest BCUT2D eigenvalue weighted by Crippen LogP contribution is -2.23. The molecular formula is C29H33Cl2N3OS. The number of aryl methyl sites for hydroxylation is 2. The van der Waals surface area contributed by atoms with Crippen LogP contribution in [0.15, 0.2) is 70.6 Å². The fraction of sp³-hybridized carbons (Fsp3) is 0.310. The zero-order valence-corrected chi connectivity index (χ0v) is 24.0. The van der Waals surface area contributed by atoms with Crippen LogP contribution in [0.2, 0.25) is 10.0 Å². The number of ether oxygens (including phenoxy) is 1. The van der Waals surface area contributed by atoms with Crippen LogP contribution >= 0.6 is 35.0 Å². The van der Waals surface area contributed by atoms with Crippen molar-refractivity contribution in [3.05, 3.63) is 82.0 Å². The van der Waals surface area contributed by atoms with Gasteiger partial charge in [0.2, 0.25) is 0 Å². The molecule has 2 unspecified atom stereocenters. The van der Waals surface area contributed by atoms with E-state index in [1.807, 2.05) is 63.7 Å². The number of nitrogens with zero attached hydrogens (tertiary/aromatic N) is 3. The van der Waals surface area contributed by atoms with Crippen molar-refractivity contribution in [2.75, 3.05) is 0 Å². The Hall–Kier alpha value is -2.47. The van der Waals surface area contributed by atoms with Crippen LogP contribution in [0.1, 0.15) is 39.0 Å². The summed E-state index contributed by atoms with van der Waals surface area (Å²) in [4.78, 5) is 5.75. The predicted octanol–water partition coefficient (Wildman–Crippen LogP) is 9.00. The molecule has 0 amide bonds. The maximum atomic E-state index is 6.50. The summed E-state index contributed by atoms with van der Waals surface area (Å²) in [6.07, 6.45) is 2.21. The number of halogens is 2. The monoisotopic (exact) mass is 541 g/mol. The van der Waals surface area contributed by atoms with Crippen LogP contribution in [0.5, 0.6) is 0 Å². The highest BCUT2D eigenvalue weighted by atomic mass is 35.5. The number of fused-ring (bicyclic) bond motifs is 1. The van der Waals surface area contributed by atoms with Crippen molar-refractivity contribution >= 4 is 52.3 Å². The average Bonchev–Trinajstić information content (AvgIpc) is 3.47. The predicted molar refractivity (Wildman–Crippen MR) is 157 cm³/mol. The van der Waals surface area contributed by atoms with E-state index in [1.165, 1.54) is 10.5 Å². The molecule has 4 nitrogen and oxygen atoms in total. The van der Waals surface area contributed by atoms with Gasteiger partial charge in [0.15, 0.2) is 6.40 Å². The number of benzene rings is 3.